The highest BCUT2D eigenvalue weighted by Gasteiger charge is 2.33. The van der Waals surface area contributed by atoms with E-state index in [9.17, 15) is 9.90 Å². The molecule has 0 saturated carbocycles. The zero-order valence-electron chi connectivity index (χ0n) is 6.93. The van der Waals surface area contributed by atoms with E-state index in [0.717, 1.165) is 10.4 Å². The highest BCUT2D eigenvalue weighted by atomic mass is 32.1. The Labute approximate surface area is 79.6 Å². The Morgan fingerprint density at radius 1 is 1.69 bits per heavy atom. The molecule has 13 heavy (non-hydrogen) atoms. The fourth-order valence-electron chi connectivity index (χ4n) is 1.79. The second-order valence-electron chi connectivity index (χ2n) is 3.31. The molecule has 0 aliphatic heterocycles. The quantitative estimate of drug-likeness (QED) is 0.755. The molecule has 70 valence electrons. The summed E-state index contributed by atoms with van der Waals surface area (Å²) < 4.78 is 0. The first-order valence-electron chi connectivity index (χ1n) is 4.14. The summed E-state index contributed by atoms with van der Waals surface area (Å²) in [4.78, 5) is 11.6. The van der Waals surface area contributed by atoms with Crippen molar-refractivity contribution in [1.29, 1.82) is 0 Å². The summed E-state index contributed by atoms with van der Waals surface area (Å²) in [5.74, 6) is -0.959. The van der Waals surface area contributed by atoms with Crippen LogP contribution in [0.4, 0.5) is 0 Å². The SMILES string of the molecule is O=C(O)CC1Cc2sccc2C1O. The van der Waals surface area contributed by atoms with E-state index in [2.05, 4.69) is 0 Å². The number of hydrogen-bond acceptors (Lipinski definition) is 3. The van der Waals surface area contributed by atoms with Gasteiger partial charge in [-0.25, -0.2) is 0 Å². The fraction of sp³-hybridized carbons (Fsp3) is 0.444. The van der Waals surface area contributed by atoms with Crippen molar-refractivity contribution in [1.82, 2.24) is 0 Å². The van der Waals surface area contributed by atoms with Crippen LogP contribution in [0.3, 0.4) is 0 Å². The number of aliphatic hydroxyl groups excluding tert-OH is 1. The summed E-state index contributed by atoms with van der Waals surface area (Å²) >= 11 is 1.59. The zero-order chi connectivity index (χ0) is 9.42. The van der Waals surface area contributed by atoms with E-state index in [0.29, 0.717) is 6.42 Å². The Balaban J connectivity index is 2.14. The minimum Gasteiger partial charge on any atom is -0.481 e. The van der Waals surface area contributed by atoms with Crippen LogP contribution >= 0.6 is 11.3 Å². The average Bonchev–Trinajstić information content (AvgIpc) is 2.56. The predicted molar refractivity (Wildman–Crippen MR) is 48.7 cm³/mol. The monoisotopic (exact) mass is 198 g/mol. The van der Waals surface area contributed by atoms with Gasteiger partial charge in [-0.15, -0.1) is 11.3 Å². The minimum atomic E-state index is -0.834. The van der Waals surface area contributed by atoms with Crippen LogP contribution in [-0.2, 0) is 11.2 Å². The largest absolute Gasteiger partial charge is 0.481 e. The summed E-state index contributed by atoms with van der Waals surface area (Å²) in [6.45, 7) is 0. The number of carboxylic acids is 1. The fourth-order valence-corrected chi connectivity index (χ4v) is 2.81. The molecule has 2 N–H and O–H groups in total. The molecule has 4 heteroatoms. The van der Waals surface area contributed by atoms with E-state index in [1.54, 1.807) is 11.3 Å². The van der Waals surface area contributed by atoms with Crippen LogP contribution in [0.25, 0.3) is 0 Å². The Bertz CT molecular complexity index is 331. The van der Waals surface area contributed by atoms with Gasteiger partial charge in [0.15, 0.2) is 0 Å². The van der Waals surface area contributed by atoms with Crippen molar-refractivity contribution in [3.63, 3.8) is 0 Å². The van der Waals surface area contributed by atoms with Crippen molar-refractivity contribution in [2.75, 3.05) is 0 Å². The number of thiophene rings is 1. The van der Waals surface area contributed by atoms with Gasteiger partial charge >= 0.3 is 5.97 Å². The van der Waals surface area contributed by atoms with E-state index in [4.69, 9.17) is 5.11 Å². The molecule has 2 unspecified atom stereocenters. The molecule has 0 radical (unpaired) electrons. The molecule has 0 bridgehead atoms. The first kappa shape index (κ1) is 8.72. The number of aliphatic hydroxyl groups is 1. The lowest BCUT2D eigenvalue weighted by atomic mass is 10.00. The second kappa shape index (κ2) is 3.12. The molecule has 2 rings (SSSR count). The molecule has 1 heterocycles. The lowest BCUT2D eigenvalue weighted by Gasteiger charge is -2.11. The summed E-state index contributed by atoms with van der Waals surface area (Å²) in [5.41, 5.74) is 0.927. The van der Waals surface area contributed by atoms with Crippen LogP contribution in [0.15, 0.2) is 11.4 Å². The van der Waals surface area contributed by atoms with E-state index < -0.39 is 12.1 Å². The summed E-state index contributed by atoms with van der Waals surface area (Å²) in [7, 11) is 0. The number of carboxylic acid groups (broad SMARTS) is 1. The number of rotatable bonds is 2. The highest BCUT2D eigenvalue weighted by Crippen LogP contribution is 2.40. The van der Waals surface area contributed by atoms with E-state index in [1.165, 1.54) is 0 Å². The van der Waals surface area contributed by atoms with Crippen LogP contribution in [0.5, 0.6) is 0 Å². The molecule has 1 aliphatic carbocycles. The van der Waals surface area contributed by atoms with Gasteiger partial charge in [-0.05, 0) is 23.4 Å². The third-order valence-corrected chi connectivity index (χ3v) is 3.39. The second-order valence-corrected chi connectivity index (χ2v) is 4.31. The number of carbonyl (C=O) groups is 1. The third kappa shape index (κ3) is 1.47. The molecule has 1 aliphatic rings. The van der Waals surface area contributed by atoms with Crippen LogP contribution in [0, 0.1) is 5.92 Å². The molecule has 1 aromatic heterocycles. The standard InChI is InChI=1S/C9H10O3S/c10-8(11)4-5-3-7-6(9(5)12)1-2-13-7/h1-2,5,9,12H,3-4H2,(H,10,11). The third-order valence-electron chi connectivity index (χ3n) is 2.43. The smallest absolute Gasteiger partial charge is 0.303 e. The molecule has 1 aromatic rings. The Morgan fingerprint density at radius 3 is 3.08 bits per heavy atom. The van der Waals surface area contributed by atoms with Gasteiger partial charge in [0, 0.05) is 10.8 Å². The van der Waals surface area contributed by atoms with Crippen molar-refractivity contribution in [2.45, 2.75) is 18.9 Å². The van der Waals surface area contributed by atoms with Crippen LogP contribution in [0.1, 0.15) is 23.0 Å². The van der Waals surface area contributed by atoms with E-state index in [1.807, 2.05) is 11.4 Å². The molecule has 0 aromatic carbocycles. The lowest BCUT2D eigenvalue weighted by molar-refractivity contribution is -0.139. The van der Waals surface area contributed by atoms with Gasteiger partial charge in [0.25, 0.3) is 0 Å². The molecule has 0 spiro atoms. The van der Waals surface area contributed by atoms with Crippen molar-refractivity contribution in [3.05, 3.63) is 21.9 Å². The Hall–Kier alpha value is -0.870. The maximum absolute atomic E-state index is 10.5. The van der Waals surface area contributed by atoms with Crippen molar-refractivity contribution in [2.24, 2.45) is 5.92 Å². The van der Waals surface area contributed by atoms with Gasteiger partial charge in [-0.2, -0.15) is 0 Å². The van der Waals surface area contributed by atoms with Crippen LogP contribution < -0.4 is 0 Å². The molecule has 0 fully saturated rings. The van der Waals surface area contributed by atoms with Gasteiger partial charge in [0.1, 0.15) is 0 Å². The normalized spacial score (nSPS) is 25.9. The van der Waals surface area contributed by atoms with Gasteiger partial charge in [-0.3, -0.25) is 4.79 Å². The Morgan fingerprint density at radius 2 is 2.46 bits per heavy atom. The molecule has 0 amide bonds. The molecule has 2 atom stereocenters. The number of fused-ring (bicyclic) bond motifs is 1. The summed E-state index contributed by atoms with van der Waals surface area (Å²) in [5, 5.41) is 20.3. The van der Waals surface area contributed by atoms with E-state index >= 15 is 0 Å². The van der Waals surface area contributed by atoms with Gasteiger partial charge in [-0.1, -0.05) is 0 Å². The van der Waals surface area contributed by atoms with Gasteiger partial charge in [0.2, 0.25) is 0 Å². The molecule has 0 saturated heterocycles. The topological polar surface area (TPSA) is 57.5 Å². The summed E-state index contributed by atoms with van der Waals surface area (Å²) in [6, 6.07) is 1.88. The van der Waals surface area contributed by atoms with Crippen molar-refractivity contribution >= 4 is 17.3 Å². The predicted octanol–water partition coefficient (Wildman–Crippen LogP) is 1.43. The first-order valence-corrected chi connectivity index (χ1v) is 5.02. The number of aliphatic carboxylic acids is 1. The van der Waals surface area contributed by atoms with Crippen LogP contribution in [-0.4, -0.2) is 16.2 Å². The van der Waals surface area contributed by atoms with Crippen LogP contribution in [0.2, 0.25) is 0 Å². The number of hydrogen-bond donors (Lipinski definition) is 2. The first-order chi connectivity index (χ1) is 6.18. The molecule has 3 nitrogen and oxygen atoms in total. The molecular formula is C9H10O3S. The van der Waals surface area contributed by atoms with Gasteiger partial charge in [0.05, 0.1) is 12.5 Å². The lowest BCUT2D eigenvalue weighted by Crippen LogP contribution is -2.12. The molecular weight excluding hydrogens is 188 g/mol. The zero-order valence-corrected chi connectivity index (χ0v) is 7.75. The summed E-state index contributed by atoms with van der Waals surface area (Å²) in [6.07, 6.45) is 0.195. The Kier molecular flexibility index (Phi) is 2.09. The highest BCUT2D eigenvalue weighted by molar-refractivity contribution is 7.10. The van der Waals surface area contributed by atoms with Crippen molar-refractivity contribution < 1.29 is 15.0 Å². The van der Waals surface area contributed by atoms with Gasteiger partial charge < -0.3 is 10.2 Å². The minimum absolute atomic E-state index is 0.0581. The maximum atomic E-state index is 10.5. The average molecular weight is 198 g/mol. The van der Waals surface area contributed by atoms with Crippen molar-refractivity contribution in [3.8, 4) is 0 Å². The van der Waals surface area contributed by atoms with E-state index in [-0.39, 0.29) is 12.3 Å². The maximum Gasteiger partial charge on any atom is 0.303 e.